The normalized spacial score (nSPS) is 10.4. The molecule has 74 valence electrons. The average Bonchev–Trinajstić information content (AvgIpc) is 2.14. The fraction of sp³-hybridized carbons (Fsp3) is 0.500. The van der Waals surface area contributed by atoms with Crippen molar-refractivity contribution in [3.63, 3.8) is 0 Å². The number of hydrogen-bond acceptors (Lipinski definition) is 1. The first-order valence-corrected chi connectivity index (χ1v) is 4.50. The third-order valence-electron chi connectivity index (χ3n) is 1.62. The van der Waals surface area contributed by atoms with Crippen LogP contribution in [-0.4, -0.2) is 13.1 Å². The van der Waals surface area contributed by atoms with Crippen molar-refractivity contribution in [1.82, 2.24) is 5.32 Å². The molecule has 1 N–H and O–H groups in total. The van der Waals surface area contributed by atoms with Crippen molar-refractivity contribution in [2.75, 3.05) is 13.1 Å². The number of likely N-dealkylation sites (N-methyl/N-ethyl adjacent to an activating group) is 1. The zero-order chi connectivity index (χ0) is 10.7. The predicted molar refractivity (Wildman–Crippen MR) is 61.6 cm³/mol. The molecule has 1 nitrogen and oxygen atoms in total. The van der Waals surface area contributed by atoms with E-state index in [1.807, 2.05) is 6.08 Å². The summed E-state index contributed by atoms with van der Waals surface area (Å²) in [6, 6.07) is 0. The lowest BCUT2D eigenvalue weighted by molar-refractivity contribution is 0.772. The van der Waals surface area contributed by atoms with Crippen molar-refractivity contribution in [1.29, 1.82) is 0 Å². The Morgan fingerprint density at radius 1 is 1.54 bits per heavy atom. The number of allylic oxidation sites excluding steroid dienone is 2. The summed E-state index contributed by atoms with van der Waals surface area (Å²) in [6.07, 6.45) is 6.49. The first-order chi connectivity index (χ1) is 6.13. The highest BCUT2D eigenvalue weighted by atomic mass is 14.8. The van der Waals surface area contributed by atoms with Gasteiger partial charge in [0.1, 0.15) is 0 Å². The van der Waals surface area contributed by atoms with Crippen LogP contribution in [0.5, 0.6) is 0 Å². The maximum atomic E-state index is 4.60. The zero-order valence-corrected chi connectivity index (χ0v) is 9.28. The summed E-state index contributed by atoms with van der Waals surface area (Å²) in [5.41, 5.74) is 2.65. The van der Waals surface area contributed by atoms with Gasteiger partial charge in [0.25, 0.3) is 0 Å². The lowest BCUT2D eigenvalue weighted by Crippen LogP contribution is -2.15. The molecular weight excluding hydrogens is 158 g/mol. The fourth-order valence-corrected chi connectivity index (χ4v) is 0.626. The number of terminal acetylenes is 1. The topological polar surface area (TPSA) is 12.0 Å². The van der Waals surface area contributed by atoms with Crippen molar-refractivity contribution in [3.05, 3.63) is 23.8 Å². The Morgan fingerprint density at radius 2 is 2.00 bits per heavy atom. The molecule has 0 fully saturated rings. The van der Waals surface area contributed by atoms with Crippen LogP contribution in [0.25, 0.3) is 0 Å². The highest BCUT2D eigenvalue weighted by Gasteiger charge is 1.90. The molecule has 0 amide bonds. The van der Waals surface area contributed by atoms with Gasteiger partial charge in [0.2, 0.25) is 0 Å². The first-order valence-electron chi connectivity index (χ1n) is 4.50. The molecule has 0 heterocycles. The van der Waals surface area contributed by atoms with Crippen molar-refractivity contribution < 1.29 is 0 Å². The first kappa shape index (κ1) is 14.5. The molecule has 13 heavy (non-hydrogen) atoms. The Labute approximate surface area is 82.9 Å². The highest BCUT2D eigenvalue weighted by Crippen LogP contribution is 2.01. The molecule has 0 spiro atoms. The molecule has 0 bridgehead atoms. The molecule has 0 atom stereocenters. The summed E-state index contributed by atoms with van der Waals surface area (Å²) >= 11 is 0. The Hall–Kier alpha value is -1.00. The van der Waals surface area contributed by atoms with E-state index in [1.54, 1.807) is 6.92 Å². The van der Waals surface area contributed by atoms with Gasteiger partial charge in [0.15, 0.2) is 0 Å². The van der Waals surface area contributed by atoms with Gasteiger partial charge in [-0.3, -0.25) is 0 Å². The van der Waals surface area contributed by atoms with E-state index in [1.165, 1.54) is 11.1 Å². The summed E-state index contributed by atoms with van der Waals surface area (Å²) in [5.74, 6) is 2.25. The molecule has 0 aliphatic rings. The van der Waals surface area contributed by atoms with Crippen molar-refractivity contribution in [2.24, 2.45) is 0 Å². The summed E-state index contributed by atoms with van der Waals surface area (Å²) in [7, 11) is 0. The van der Waals surface area contributed by atoms with Gasteiger partial charge in [-0.1, -0.05) is 30.7 Å². The minimum atomic E-state index is 0.981. The maximum Gasteiger partial charge on any atom is 0.0167 e. The molecule has 0 aromatic rings. The largest absolute Gasteiger partial charge is 0.313 e. The zero-order valence-electron chi connectivity index (χ0n) is 9.28. The smallest absolute Gasteiger partial charge is 0.0167 e. The van der Waals surface area contributed by atoms with Crippen LogP contribution in [0.1, 0.15) is 27.7 Å². The number of rotatable bonds is 4. The minimum Gasteiger partial charge on any atom is -0.313 e. The van der Waals surface area contributed by atoms with Gasteiger partial charge < -0.3 is 5.32 Å². The van der Waals surface area contributed by atoms with E-state index in [4.69, 9.17) is 0 Å². The van der Waals surface area contributed by atoms with Crippen LogP contribution in [0.15, 0.2) is 23.8 Å². The van der Waals surface area contributed by atoms with E-state index < -0.39 is 0 Å². The van der Waals surface area contributed by atoms with E-state index in [0.717, 1.165) is 13.1 Å². The van der Waals surface area contributed by atoms with Crippen LogP contribution in [0.3, 0.4) is 0 Å². The monoisotopic (exact) mass is 179 g/mol. The van der Waals surface area contributed by atoms with Crippen LogP contribution in [-0.2, 0) is 0 Å². The molecule has 0 unspecified atom stereocenters. The van der Waals surface area contributed by atoms with Crippen LogP contribution in [0, 0.1) is 12.3 Å². The minimum absolute atomic E-state index is 0.981. The summed E-state index contributed by atoms with van der Waals surface area (Å²) in [6.45, 7) is 13.7. The second kappa shape index (κ2) is 11.0. The Bertz CT molecular complexity index is 194. The lowest BCUT2D eigenvalue weighted by Gasteiger charge is -2.03. The summed E-state index contributed by atoms with van der Waals surface area (Å²) in [4.78, 5) is 0. The average molecular weight is 179 g/mol. The van der Waals surface area contributed by atoms with Crippen LogP contribution in [0.2, 0.25) is 0 Å². The molecule has 0 aliphatic heterocycles. The Balaban J connectivity index is 0. The third-order valence-corrected chi connectivity index (χ3v) is 1.62. The molecule has 1 heteroatoms. The predicted octanol–water partition coefficient (Wildman–Crippen LogP) is 2.76. The number of hydrogen-bond donors (Lipinski definition) is 1. The van der Waals surface area contributed by atoms with Crippen molar-refractivity contribution >= 4 is 0 Å². The lowest BCUT2D eigenvalue weighted by atomic mass is 10.1. The second-order valence-electron chi connectivity index (χ2n) is 2.74. The van der Waals surface area contributed by atoms with Gasteiger partial charge in [-0.15, -0.1) is 12.3 Å². The van der Waals surface area contributed by atoms with Gasteiger partial charge in [-0.2, -0.15) is 0 Å². The molecule has 0 aromatic heterocycles. The van der Waals surface area contributed by atoms with Crippen LogP contribution < -0.4 is 5.32 Å². The van der Waals surface area contributed by atoms with E-state index in [-0.39, 0.29) is 0 Å². The quantitative estimate of drug-likeness (QED) is 0.517. The van der Waals surface area contributed by atoms with Gasteiger partial charge >= 0.3 is 0 Å². The maximum absolute atomic E-state index is 4.60. The van der Waals surface area contributed by atoms with E-state index in [0.29, 0.717) is 0 Å². The molecule has 0 saturated heterocycles. The summed E-state index contributed by atoms with van der Waals surface area (Å²) in [5, 5.41) is 3.26. The molecule has 0 aromatic carbocycles. The molecular formula is C12H21N. The molecule has 0 aliphatic carbocycles. The van der Waals surface area contributed by atoms with Gasteiger partial charge in [-0.05, 0) is 27.3 Å². The van der Waals surface area contributed by atoms with E-state index >= 15 is 0 Å². The van der Waals surface area contributed by atoms with Gasteiger partial charge in [0.05, 0.1) is 0 Å². The standard InChI is InChI=1S/C9H17N.C3H4/c1-5-8(3)9(4)7-10-6-2;1-3-2/h5,10H,1,6-7H2,2-4H3;1H,2H3/b9-8+;. The van der Waals surface area contributed by atoms with Gasteiger partial charge in [0, 0.05) is 6.54 Å². The highest BCUT2D eigenvalue weighted by molar-refractivity contribution is 5.21. The fourth-order valence-electron chi connectivity index (χ4n) is 0.626. The SMILES string of the molecule is C#CC.C=C/C(C)=C(\C)CNCC. The Kier molecular flexibility index (Phi) is 12.3. The van der Waals surface area contributed by atoms with Gasteiger partial charge in [-0.25, -0.2) is 0 Å². The van der Waals surface area contributed by atoms with Crippen molar-refractivity contribution in [2.45, 2.75) is 27.7 Å². The number of nitrogens with one attached hydrogen (secondary N) is 1. The molecule has 0 saturated carbocycles. The Morgan fingerprint density at radius 3 is 2.31 bits per heavy atom. The van der Waals surface area contributed by atoms with Crippen LogP contribution in [0.4, 0.5) is 0 Å². The van der Waals surface area contributed by atoms with E-state index in [2.05, 4.69) is 45.0 Å². The van der Waals surface area contributed by atoms with Crippen molar-refractivity contribution in [3.8, 4) is 12.3 Å². The third kappa shape index (κ3) is 11.0. The molecule has 0 radical (unpaired) electrons. The van der Waals surface area contributed by atoms with E-state index in [9.17, 15) is 0 Å². The summed E-state index contributed by atoms with van der Waals surface area (Å²) < 4.78 is 0. The second-order valence-corrected chi connectivity index (χ2v) is 2.74. The molecule has 0 rings (SSSR count). The van der Waals surface area contributed by atoms with Crippen LogP contribution >= 0.6 is 0 Å².